The summed E-state index contributed by atoms with van der Waals surface area (Å²) >= 11 is 4.86. The third-order valence-corrected chi connectivity index (χ3v) is 6.26. The van der Waals surface area contributed by atoms with Gasteiger partial charge < -0.3 is 14.6 Å². The van der Waals surface area contributed by atoms with Crippen LogP contribution >= 0.6 is 27.7 Å². The van der Waals surface area contributed by atoms with Crippen molar-refractivity contribution in [3.8, 4) is 5.75 Å². The number of halogens is 1. The van der Waals surface area contributed by atoms with Crippen LogP contribution in [-0.4, -0.2) is 33.5 Å². The topological polar surface area (TPSA) is 69.0 Å². The van der Waals surface area contributed by atoms with Crippen molar-refractivity contribution in [3.63, 3.8) is 0 Å². The van der Waals surface area contributed by atoms with Crippen molar-refractivity contribution in [3.05, 3.63) is 63.9 Å². The van der Waals surface area contributed by atoms with Gasteiger partial charge in [0.1, 0.15) is 11.6 Å². The quantitative estimate of drug-likeness (QED) is 0.479. The lowest BCUT2D eigenvalue weighted by Gasteiger charge is -2.09. The minimum atomic E-state index is -0.0703. The van der Waals surface area contributed by atoms with Gasteiger partial charge >= 0.3 is 0 Å². The number of amides is 1. The average Bonchev–Trinajstić information content (AvgIpc) is 3.11. The first-order valence-corrected chi connectivity index (χ1v) is 11.0. The van der Waals surface area contributed by atoms with Crippen molar-refractivity contribution in [2.24, 2.45) is 0 Å². The van der Waals surface area contributed by atoms with Gasteiger partial charge in [0, 0.05) is 23.1 Å². The van der Waals surface area contributed by atoms with Gasteiger partial charge in [-0.05, 0) is 55.3 Å². The van der Waals surface area contributed by atoms with E-state index < -0.39 is 0 Å². The summed E-state index contributed by atoms with van der Waals surface area (Å²) in [6.07, 6.45) is 0.676. The van der Waals surface area contributed by atoms with E-state index in [0.717, 1.165) is 44.6 Å². The van der Waals surface area contributed by atoms with Crippen LogP contribution in [0.5, 0.6) is 5.75 Å². The molecular formula is C21H23BrN4O2S. The number of thioether (sulfide) groups is 1. The molecule has 0 saturated carbocycles. The number of hydrogen-bond acceptors (Lipinski definition) is 5. The van der Waals surface area contributed by atoms with Crippen molar-refractivity contribution in [2.75, 3.05) is 18.2 Å². The number of aromatic nitrogens is 3. The number of aryl methyl sites for hydroxylation is 1. The van der Waals surface area contributed by atoms with E-state index in [9.17, 15) is 4.79 Å². The highest BCUT2D eigenvalue weighted by Gasteiger charge is 2.14. The summed E-state index contributed by atoms with van der Waals surface area (Å²) < 4.78 is 8.27. The largest absolute Gasteiger partial charge is 0.497 e. The van der Waals surface area contributed by atoms with Gasteiger partial charge in [0.25, 0.3) is 0 Å². The number of carbonyl (C=O) groups excluding carboxylic acids is 1. The Morgan fingerprint density at radius 2 is 1.97 bits per heavy atom. The van der Waals surface area contributed by atoms with E-state index in [1.807, 2.05) is 54.0 Å². The zero-order valence-corrected chi connectivity index (χ0v) is 19.0. The fourth-order valence-electron chi connectivity index (χ4n) is 2.85. The number of ether oxygens (including phenoxy) is 1. The van der Waals surface area contributed by atoms with Gasteiger partial charge in [-0.2, -0.15) is 0 Å². The lowest BCUT2D eigenvalue weighted by atomic mass is 10.1. The van der Waals surface area contributed by atoms with Crippen molar-refractivity contribution >= 4 is 39.3 Å². The standard InChI is InChI=1S/C21H23BrN4O2S/c1-4-26-19(12-15-5-8-17(28-3)9-6-15)24-25-21(26)29-13-20(27)23-16-7-10-18(22)14(2)11-16/h5-11H,4,12-13H2,1-3H3,(H,23,27). The first-order chi connectivity index (χ1) is 14.0. The molecule has 6 nitrogen and oxygen atoms in total. The number of nitrogens with zero attached hydrogens (tertiary/aromatic N) is 3. The monoisotopic (exact) mass is 474 g/mol. The fraction of sp³-hybridized carbons (Fsp3) is 0.286. The van der Waals surface area contributed by atoms with Crippen LogP contribution in [0, 0.1) is 6.92 Å². The summed E-state index contributed by atoms with van der Waals surface area (Å²) in [7, 11) is 1.65. The molecular weight excluding hydrogens is 452 g/mol. The fourth-order valence-corrected chi connectivity index (χ4v) is 3.92. The van der Waals surface area contributed by atoms with E-state index in [4.69, 9.17) is 4.74 Å². The Morgan fingerprint density at radius 3 is 2.62 bits per heavy atom. The van der Waals surface area contributed by atoms with E-state index >= 15 is 0 Å². The number of carbonyl (C=O) groups is 1. The van der Waals surface area contributed by atoms with Crippen molar-refractivity contribution in [1.82, 2.24) is 14.8 Å². The predicted octanol–water partition coefficient (Wildman–Crippen LogP) is 4.70. The average molecular weight is 475 g/mol. The molecule has 0 saturated heterocycles. The molecule has 1 amide bonds. The second-order valence-corrected chi connectivity index (χ2v) is 8.27. The van der Waals surface area contributed by atoms with Crippen molar-refractivity contribution < 1.29 is 9.53 Å². The maximum Gasteiger partial charge on any atom is 0.234 e. The minimum absolute atomic E-state index is 0.0703. The highest BCUT2D eigenvalue weighted by Crippen LogP contribution is 2.22. The molecule has 0 unspecified atom stereocenters. The van der Waals surface area contributed by atoms with Crippen LogP contribution in [0.3, 0.4) is 0 Å². The molecule has 1 heterocycles. The van der Waals surface area contributed by atoms with E-state index in [0.29, 0.717) is 6.42 Å². The van der Waals surface area contributed by atoms with Crippen LogP contribution in [0.1, 0.15) is 23.9 Å². The Hall–Kier alpha value is -2.32. The second kappa shape index (κ2) is 9.93. The number of benzene rings is 2. The summed E-state index contributed by atoms with van der Waals surface area (Å²) in [5, 5.41) is 12.3. The number of hydrogen-bond donors (Lipinski definition) is 1. The van der Waals surface area contributed by atoms with Gasteiger partial charge in [-0.1, -0.05) is 39.8 Å². The van der Waals surface area contributed by atoms with E-state index in [2.05, 4.69) is 38.4 Å². The van der Waals surface area contributed by atoms with Gasteiger partial charge in [-0.25, -0.2) is 0 Å². The van der Waals surface area contributed by atoms with Crippen LogP contribution < -0.4 is 10.1 Å². The van der Waals surface area contributed by atoms with Crippen molar-refractivity contribution in [2.45, 2.75) is 32.0 Å². The maximum absolute atomic E-state index is 12.3. The third kappa shape index (κ3) is 5.61. The van der Waals surface area contributed by atoms with Crippen LogP contribution in [0.2, 0.25) is 0 Å². The summed E-state index contributed by atoms with van der Waals surface area (Å²) in [6.45, 7) is 4.78. The Bertz CT molecular complexity index is 989. The van der Waals surface area contributed by atoms with Crippen molar-refractivity contribution in [1.29, 1.82) is 0 Å². The number of rotatable bonds is 8. The minimum Gasteiger partial charge on any atom is -0.497 e. The van der Waals surface area contributed by atoms with Gasteiger partial charge in [0.15, 0.2) is 5.16 Å². The summed E-state index contributed by atoms with van der Waals surface area (Å²) in [5.41, 5.74) is 2.99. The Morgan fingerprint density at radius 1 is 1.21 bits per heavy atom. The van der Waals surface area contributed by atoms with Crippen LogP contribution in [-0.2, 0) is 17.8 Å². The summed E-state index contributed by atoms with van der Waals surface area (Å²) in [6, 6.07) is 13.7. The van der Waals surface area contributed by atoms with E-state index in [1.54, 1.807) is 7.11 Å². The van der Waals surface area contributed by atoms with Crippen LogP contribution in [0.25, 0.3) is 0 Å². The molecule has 0 spiro atoms. The van der Waals surface area contributed by atoms with Gasteiger partial charge in [-0.3, -0.25) is 4.79 Å². The molecule has 3 aromatic rings. The number of nitrogens with one attached hydrogen (secondary N) is 1. The molecule has 0 fully saturated rings. The highest BCUT2D eigenvalue weighted by atomic mass is 79.9. The zero-order chi connectivity index (χ0) is 20.8. The van der Waals surface area contributed by atoms with E-state index in [1.165, 1.54) is 11.8 Å². The molecule has 1 aromatic heterocycles. The highest BCUT2D eigenvalue weighted by molar-refractivity contribution is 9.10. The SMILES string of the molecule is CCn1c(Cc2ccc(OC)cc2)nnc1SCC(=O)Nc1ccc(Br)c(C)c1. The molecule has 0 aliphatic rings. The molecule has 0 atom stereocenters. The maximum atomic E-state index is 12.3. The smallest absolute Gasteiger partial charge is 0.234 e. The predicted molar refractivity (Wildman–Crippen MR) is 120 cm³/mol. The molecule has 0 radical (unpaired) electrons. The van der Waals surface area contributed by atoms with Crippen LogP contribution in [0.15, 0.2) is 52.1 Å². The summed E-state index contributed by atoms with van der Waals surface area (Å²) in [5.74, 6) is 1.91. The first kappa shape index (κ1) is 21.4. The van der Waals surface area contributed by atoms with E-state index in [-0.39, 0.29) is 11.7 Å². The zero-order valence-electron chi connectivity index (χ0n) is 16.6. The van der Waals surface area contributed by atoms with Gasteiger partial charge in [0.2, 0.25) is 5.91 Å². The molecule has 2 aromatic carbocycles. The molecule has 0 bridgehead atoms. The second-order valence-electron chi connectivity index (χ2n) is 6.47. The van der Waals surface area contributed by atoms with Gasteiger partial charge in [-0.15, -0.1) is 10.2 Å². The van der Waals surface area contributed by atoms with Crippen LogP contribution in [0.4, 0.5) is 5.69 Å². The normalized spacial score (nSPS) is 10.8. The molecule has 3 rings (SSSR count). The summed E-state index contributed by atoms with van der Waals surface area (Å²) in [4.78, 5) is 12.3. The molecule has 0 aliphatic carbocycles. The van der Waals surface area contributed by atoms with Gasteiger partial charge in [0.05, 0.1) is 12.9 Å². The Kier molecular flexibility index (Phi) is 7.33. The number of methoxy groups -OCH3 is 1. The third-order valence-electron chi connectivity index (χ3n) is 4.41. The molecule has 152 valence electrons. The Labute approximate surface area is 183 Å². The first-order valence-electron chi connectivity index (χ1n) is 9.24. The lowest BCUT2D eigenvalue weighted by molar-refractivity contribution is -0.113. The molecule has 8 heteroatoms. The molecule has 1 N–H and O–H groups in total. The molecule has 29 heavy (non-hydrogen) atoms. The Balaban J connectivity index is 1.61. The number of anilines is 1. The lowest BCUT2D eigenvalue weighted by Crippen LogP contribution is -2.15. The molecule has 0 aliphatic heterocycles.